The number of hydrogen-bond donors (Lipinski definition) is 0. The molecule has 15 heavy (non-hydrogen) atoms. The molecule has 5 heteroatoms. The van der Waals surface area contributed by atoms with Crippen LogP contribution in [-0.2, 0) is 14.3 Å². The van der Waals surface area contributed by atoms with Crippen LogP contribution in [0.2, 0.25) is 0 Å². The molecule has 2 aliphatic heterocycles. The lowest BCUT2D eigenvalue weighted by Crippen LogP contribution is -2.46. The number of ether oxygens (including phenoxy) is 2. The SMILES string of the molecule is CC(C)(C)OC(=O)N1CC(=O)C2OC2C1. The lowest BCUT2D eigenvalue weighted by molar-refractivity contribution is -0.121. The Morgan fingerprint density at radius 3 is 2.73 bits per heavy atom. The molecule has 5 nitrogen and oxygen atoms in total. The number of carbonyl (C=O) groups is 2. The van der Waals surface area contributed by atoms with Crippen molar-refractivity contribution in [2.24, 2.45) is 0 Å². The molecule has 2 rings (SSSR count). The van der Waals surface area contributed by atoms with Gasteiger partial charge in [-0.05, 0) is 20.8 Å². The molecule has 0 aromatic rings. The summed E-state index contributed by atoms with van der Waals surface area (Å²) in [6, 6.07) is 0. The van der Waals surface area contributed by atoms with Crippen molar-refractivity contribution in [1.82, 2.24) is 4.90 Å². The van der Waals surface area contributed by atoms with Crippen LogP contribution in [0.15, 0.2) is 0 Å². The molecule has 0 aromatic heterocycles. The fourth-order valence-electron chi connectivity index (χ4n) is 1.59. The van der Waals surface area contributed by atoms with E-state index in [0.717, 1.165) is 0 Å². The van der Waals surface area contributed by atoms with E-state index in [1.807, 2.05) is 0 Å². The van der Waals surface area contributed by atoms with E-state index in [1.54, 1.807) is 20.8 Å². The Bertz CT molecular complexity index is 307. The van der Waals surface area contributed by atoms with Gasteiger partial charge in [-0.15, -0.1) is 0 Å². The maximum absolute atomic E-state index is 11.6. The molecule has 0 N–H and O–H groups in total. The molecule has 0 aromatic carbocycles. The van der Waals surface area contributed by atoms with Crippen LogP contribution in [0.25, 0.3) is 0 Å². The Labute approximate surface area is 88.3 Å². The predicted molar refractivity (Wildman–Crippen MR) is 51.5 cm³/mol. The van der Waals surface area contributed by atoms with Crippen molar-refractivity contribution in [3.63, 3.8) is 0 Å². The zero-order valence-corrected chi connectivity index (χ0v) is 9.15. The number of hydrogen-bond acceptors (Lipinski definition) is 4. The van der Waals surface area contributed by atoms with E-state index in [9.17, 15) is 9.59 Å². The molecule has 2 fully saturated rings. The minimum Gasteiger partial charge on any atom is -0.444 e. The summed E-state index contributed by atoms with van der Waals surface area (Å²) in [5.74, 6) is -0.0305. The van der Waals surface area contributed by atoms with Crippen LogP contribution < -0.4 is 0 Å². The first kappa shape index (κ1) is 10.4. The summed E-state index contributed by atoms with van der Waals surface area (Å²) >= 11 is 0. The number of piperidine rings is 1. The van der Waals surface area contributed by atoms with Gasteiger partial charge in [-0.25, -0.2) is 4.79 Å². The average Bonchev–Trinajstić information content (AvgIpc) is 2.79. The Morgan fingerprint density at radius 1 is 1.53 bits per heavy atom. The van der Waals surface area contributed by atoms with Crippen molar-refractivity contribution < 1.29 is 19.1 Å². The van der Waals surface area contributed by atoms with Crippen LogP contribution >= 0.6 is 0 Å². The van der Waals surface area contributed by atoms with Crippen molar-refractivity contribution in [2.75, 3.05) is 13.1 Å². The third-order valence-corrected chi connectivity index (χ3v) is 2.30. The topological polar surface area (TPSA) is 59.1 Å². The molecule has 0 bridgehead atoms. The first-order valence-electron chi connectivity index (χ1n) is 5.03. The van der Waals surface area contributed by atoms with Gasteiger partial charge >= 0.3 is 6.09 Å². The highest BCUT2D eigenvalue weighted by molar-refractivity contribution is 5.91. The monoisotopic (exact) mass is 213 g/mol. The zero-order valence-electron chi connectivity index (χ0n) is 9.15. The minimum atomic E-state index is -0.526. The smallest absolute Gasteiger partial charge is 0.410 e. The summed E-state index contributed by atoms with van der Waals surface area (Å²) in [4.78, 5) is 24.4. The minimum absolute atomic E-state index is 0.0305. The Balaban J connectivity index is 1.93. The zero-order chi connectivity index (χ0) is 11.2. The van der Waals surface area contributed by atoms with Crippen LogP contribution in [0.5, 0.6) is 0 Å². The largest absolute Gasteiger partial charge is 0.444 e. The molecule has 1 amide bonds. The molecular formula is C10H15NO4. The molecule has 2 saturated heterocycles. The molecule has 2 unspecified atom stereocenters. The fourth-order valence-corrected chi connectivity index (χ4v) is 1.59. The van der Waals surface area contributed by atoms with Crippen LogP contribution in [0.1, 0.15) is 20.8 Å². The van der Waals surface area contributed by atoms with Gasteiger partial charge in [0.05, 0.1) is 13.1 Å². The van der Waals surface area contributed by atoms with Crippen molar-refractivity contribution in [3.8, 4) is 0 Å². The number of rotatable bonds is 0. The molecule has 84 valence electrons. The summed E-state index contributed by atoms with van der Waals surface area (Å²) in [6.45, 7) is 5.97. The number of nitrogens with zero attached hydrogens (tertiary/aromatic N) is 1. The number of carbonyl (C=O) groups excluding carboxylic acids is 2. The first-order valence-corrected chi connectivity index (χ1v) is 5.03. The van der Waals surface area contributed by atoms with E-state index in [-0.39, 0.29) is 24.5 Å². The van der Waals surface area contributed by atoms with Crippen LogP contribution in [0.4, 0.5) is 4.79 Å². The average molecular weight is 213 g/mol. The molecule has 0 aliphatic carbocycles. The first-order chi connectivity index (χ1) is 6.87. The van der Waals surface area contributed by atoms with E-state index in [0.29, 0.717) is 6.54 Å². The molecule has 0 saturated carbocycles. The molecule has 0 radical (unpaired) electrons. The second-order valence-electron chi connectivity index (χ2n) is 4.92. The van der Waals surface area contributed by atoms with E-state index in [2.05, 4.69) is 0 Å². The highest BCUT2D eigenvalue weighted by Gasteiger charge is 2.51. The van der Waals surface area contributed by atoms with Gasteiger partial charge in [0.25, 0.3) is 0 Å². The molecular weight excluding hydrogens is 198 g/mol. The summed E-state index contributed by atoms with van der Waals surface area (Å²) in [7, 11) is 0. The van der Waals surface area contributed by atoms with Crippen molar-refractivity contribution >= 4 is 11.9 Å². The molecule has 0 spiro atoms. The van der Waals surface area contributed by atoms with E-state index >= 15 is 0 Å². The van der Waals surface area contributed by atoms with Gasteiger partial charge in [0, 0.05) is 0 Å². The van der Waals surface area contributed by atoms with Gasteiger partial charge in [-0.1, -0.05) is 0 Å². The normalized spacial score (nSPS) is 29.8. The highest BCUT2D eigenvalue weighted by atomic mass is 16.6. The van der Waals surface area contributed by atoms with Crippen molar-refractivity contribution in [3.05, 3.63) is 0 Å². The summed E-state index contributed by atoms with van der Waals surface area (Å²) in [6.07, 6.45) is -0.799. The Morgan fingerprint density at radius 2 is 2.20 bits per heavy atom. The predicted octanol–water partition coefficient (Wildman–Crippen LogP) is 0.574. The summed E-state index contributed by atoms with van der Waals surface area (Å²) < 4.78 is 10.3. The molecule has 2 atom stereocenters. The number of epoxide rings is 1. The second kappa shape index (κ2) is 3.20. The lowest BCUT2D eigenvalue weighted by Gasteiger charge is -2.27. The maximum atomic E-state index is 11.6. The Hall–Kier alpha value is -1.10. The van der Waals surface area contributed by atoms with Gasteiger partial charge < -0.3 is 9.47 Å². The fraction of sp³-hybridized carbons (Fsp3) is 0.800. The molecule has 2 heterocycles. The van der Waals surface area contributed by atoms with Crippen LogP contribution in [0.3, 0.4) is 0 Å². The second-order valence-corrected chi connectivity index (χ2v) is 4.92. The van der Waals surface area contributed by atoms with Gasteiger partial charge in [-0.2, -0.15) is 0 Å². The quantitative estimate of drug-likeness (QED) is 0.552. The number of fused-ring (bicyclic) bond motifs is 1. The number of ketones is 1. The Kier molecular flexibility index (Phi) is 2.22. The van der Waals surface area contributed by atoms with Crippen LogP contribution in [-0.4, -0.2) is 47.7 Å². The van der Waals surface area contributed by atoms with E-state index in [4.69, 9.17) is 9.47 Å². The van der Waals surface area contributed by atoms with Crippen molar-refractivity contribution in [2.45, 2.75) is 38.6 Å². The standard InChI is InChI=1S/C10H15NO4/c1-10(2,3)15-9(13)11-4-6(12)8-7(5-11)14-8/h7-8H,4-5H2,1-3H3. The maximum Gasteiger partial charge on any atom is 0.410 e. The van der Waals surface area contributed by atoms with Gasteiger partial charge in [0.1, 0.15) is 17.8 Å². The molecule has 2 aliphatic rings. The highest BCUT2D eigenvalue weighted by Crippen LogP contribution is 2.29. The number of likely N-dealkylation sites (tertiary alicyclic amines) is 1. The summed E-state index contributed by atoms with van der Waals surface area (Å²) in [5.41, 5.74) is -0.526. The van der Waals surface area contributed by atoms with E-state index < -0.39 is 11.7 Å². The van der Waals surface area contributed by atoms with E-state index in [1.165, 1.54) is 4.90 Å². The van der Waals surface area contributed by atoms with Gasteiger partial charge in [0.15, 0.2) is 5.78 Å². The van der Waals surface area contributed by atoms with Crippen molar-refractivity contribution in [1.29, 1.82) is 0 Å². The lowest BCUT2D eigenvalue weighted by atomic mass is 10.1. The van der Waals surface area contributed by atoms with Gasteiger partial charge in [-0.3, -0.25) is 9.69 Å². The number of amides is 1. The van der Waals surface area contributed by atoms with Crippen LogP contribution in [0, 0.1) is 0 Å². The third-order valence-electron chi connectivity index (χ3n) is 2.30. The number of Topliss-reactive ketones (excluding diaryl/α,β-unsaturated/α-hetero) is 1. The third kappa shape index (κ3) is 2.28. The summed E-state index contributed by atoms with van der Waals surface area (Å²) in [5, 5.41) is 0. The van der Waals surface area contributed by atoms with Gasteiger partial charge in [0.2, 0.25) is 0 Å².